The molecule has 0 saturated heterocycles. The Morgan fingerprint density at radius 1 is 0.193 bits per heavy atom. The van der Waals surface area contributed by atoms with Crippen LogP contribution >= 0.6 is 0 Å². The van der Waals surface area contributed by atoms with Gasteiger partial charge in [-0.1, -0.05) is 419 Å². The molecule has 494 valence electrons. The third-order valence-electron chi connectivity index (χ3n) is 18.1. The molecule has 0 fully saturated rings. The summed E-state index contributed by atoms with van der Waals surface area (Å²) in [7, 11) is 0. The van der Waals surface area contributed by atoms with Crippen molar-refractivity contribution < 1.29 is 28.6 Å². The molecule has 6 nitrogen and oxygen atoms in total. The summed E-state index contributed by atoms with van der Waals surface area (Å²) in [6.07, 6.45) is 87.3. The molecule has 0 aliphatic rings. The van der Waals surface area contributed by atoms with Gasteiger partial charge >= 0.3 is 17.9 Å². The number of hydrogen-bond acceptors (Lipinski definition) is 6. The normalized spacial score (nSPS) is 11.9. The molecule has 0 amide bonds. The van der Waals surface area contributed by atoms with E-state index in [-0.39, 0.29) is 31.1 Å². The Morgan fingerprint density at radius 2 is 0.325 bits per heavy atom. The molecule has 0 spiro atoms. The monoisotopic (exact) mass is 1170 g/mol. The van der Waals surface area contributed by atoms with Crippen molar-refractivity contribution in [1.82, 2.24) is 0 Å². The molecule has 6 heteroatoms. The van der Waals surface area contributed by atoms with Gasteiger partial charge in [-0.3, -0.25) is 14.4 Å². The van der Waals surface area contributed by atoms with Gasteiger partial charge in [0.1, 0.15) is 13.2 Å². The van der Waals surface area contributed by atoms with Crippen LogP contribution in [0, 0.1) is 0 Å². The number of rotatable bonds is 73. The first kappa shape index (κ1) is 81.4. The van der Waals surface area contributed by atoms with E-state index in [0.29, 0.717) is 19.3 Å². The smallest absolute Gasteiger partial charge is 0.306 e. The van der Waals surface area contributed by atoms with Crippen LogP contribution in [0.3, 0.4) is 0 Å². The Bertz CT molecular complexity index is 1250. The van der Waals surface area contributed by atoms with Crippen LogP contribution in [0.1, 0.15) is 457 Å². The van der Waals surface area contributed by atoms with Gasteiger partial charge in [-0.15, -0.1) is 0 Å². The zero-order valence-electron chi connectivity index (χ0n) is 57.0. The molecule has 0 N–H and O–H groups in total. The van der Waals surface area contributed by atoms with E-state index in [4.69, 9.17) is 14.2 Å². The lowest BCUT2D eigenvalue weighted by Crippen LogP contribution is -2.30. The molecule has 0 radical (unpaired) electrons. The minimum absolute atomic E-state index is 0.0599. The second kappa shape index (κ2) is 72.9. The zero-order chi connectivity index (χ0) is 59.9. The lowest BCUT2D eigenvalue weighted by molar-refractivity contribution is -0.167. The highest BCUT2D eigenvalue weighted by Gasteiger charge is 2.20. The lowest BCUT2D eigenvalue weighted by atomic mass is 10.0. The first-order valence-electron chi connectivity index (χ1n) is 38.5. The molecule has 0 rings (SSSR count). The van der Waals surface area contributed by atoms with Crippen LogP contribution in [0.25, 0.3) is 0 Å². The minimum atomic E-state index is -0.764. The Balaban J connectivity index is 4.17. The van der Waals surface area contributed by atoms with Gasteiger partial charge in [-0.05, 0) is 19.3 Å². The van der Waals surface area contributed by atoms with E-state index < -0.39 is 6.10 Å². The van der Waals surface area contributed by atoms with Gasteiger partial charge in [0.05, 0.1) is 0 Å². The van der Waals surface area contributed by atoms with Crippen LogP contribution in [-0.4, -0.2) is 37.2 Å². The van der Waals surface area contributed by atoms with Crippen LogP contribution in [0.5, 0.6) is 0 Å². The first-order valence-corrected chi connectivity index (χ1v) is 38.5. The Kier molecular flexibility index (Phi) is 71.5. The Hall–Kier alpha value is -1.59. The van der Waals surface area contributed by atoms with Gasteiger partial charge in [0.25, 0.3) is 0 Å². The molecule has 83 heavy (non-hydrogen) atoms. The fraction of sp³-hybridized carbons (Fsp3) is 0.961. The van der Waals surface area contributed by atoms with Crippen LogP contribution in [0.4, 0.5) is 0 Å². The van der Waals surface area contributed by atoms with Crippen LogP contribution < -0.4 is 0 Å². The fourth-order valence-corrected chi connectivity index (χ4v) is 12.3. The summed E-state index contributed by atoms with van der Waals surface area (Å²) < 4.78 is 17.1. The van der Waals surface area contributed by atoms with Crippen molar-refractivity contribution in [3.8, 4) is 0 Å². The van der Waals surface area contributed by atoms with E-state index in [9.17, 15) is 14.4 Å². The van der Waals surface area contributed by atoms with Crippen molar-refractivity contribution in [3.05, 3.63) is 0 Å². The van der Waals surface area contributed by atoms with E-state index >= 15 is 0 Å². The van der Waals surface area contributed by atoms with Crippen LogP contribution in [0.2, 0.25) is 0 Å². The molecule has 0 heterocycles. The maximum atomic E-state index is 13.0. The van der Waals surface area contributed by atoms with Gasteiger partial charge < -0.3 is 14.2 Å². The third kappa shape index (κ3) is 71.1. The largest absolute Gasteiger partial charge is 0.462 e. The highest BCUT2D eigenvalue weighted by molar-refractivity contribution is 5.71. The third-order valence-corrected chi connectivity index (χ3v) is 18.1. The van der Waals surface area contributed by atoms with Crippen molar-refractivity contribution in [3.63, 3.8) is 0 Å². The van der Waals surface area contributed by atoms with E-state index in [0.717, 1.165) is 57.8 Å². The molecule has 0 bridgehead atoms. The Labute approximate surface area is 520 Å². The van der Waals surface area contributed by atoms with E-state index in [1.165, 1.54) is 360 Å². The van der Waals surface area contributed by atoms with Gasteiger partial charge in [0, 0.05) is 19.3 Å². The molecule has 0 aromatic carbocycles. The second-order valence-electron chi connectivity index (χ2n) is 26.6. The van der Waals surface area contributed by atoms with E-state index in [1.54, 1.807) is 0 Å². The molecule has 1 atom stereocenters. The average Bonchev–Trinajstić information content (AvgIpc) is 3.49. The first-order chi connectivity index (χ1) is 41.0. The summed E-state index contributed by atoms with van der Waals surface area (Å²) in [4.78, 5) is 38.5. The van der Waals surface area contributed by atoms with Crippen molar-refractivity contribution >= 4 is 17.9 Å². The highest BCUT2D eigenvalue weighted by atomic mass is 16.6. The zero-order valence-corrected chi connectivity index (χ0v) is 57.0. The standard InChI is InChI=1S/C77H150O6/c1-4-7-10-13-16-19-22-25-28-30-32-34-36-38-40-41-43-45-47-49-52-55-58-61-64-67-70-76(79)82-73-74(72-81-75(78)69-66-63-60-57-54-51-27-24-21-18-15-12-9-6-3)83-77(80)71-68-65-62-59-56-53-50-48-46-44-42-39-37-35-33-31-29-26-23-20-17-14-11-8-5-2/h74H,4-73H2,1-3H3. The molecule has 0 aliphatic heterocycles. The molecule has 0 aliphatic carbocycles. The number of carbonyl (C=O) groups is 3. The van der Waals surface area contributed by atoms with Crippen molar-refractivity contribution in [2.24, 2.45) is 0 Å². The minimum Gasteiger partial charge on any atom is -0.462 e. The van der Waals surface area contributed by atoms with E-state index in [1.807, 2.05) is 0 Å². The van der Waals surface area contributed by atoms with Crippen molar-refractivity contribution in [2.45, 2.75) is 463 Å². The predicted octanol–water partition coefficient (Wildman–Crippen LogP) is 26.6. The van der Waals surface area contributed by atoms with Crippen molar-refractivity contribution in [2.75, 3.05) is 13.2 Å². The molecular weight excluding hydrogens is 1020 g/mol. The number of carbonyl (C=O) groups excluding carboxylic acids is 3. The lowest BCUT2D eigenvalue weighted by Gasteiger charge is -2.18. The topological polar surface area (TPSA) is 78.9 Å². The van der Waals surface area contributed by atoms with Gasteiger partial charge in [0.2, 0.25) is 0 Å². The van der Waals surface area contributed by atoms with Crippen LogP contribution in [-0.2, 0) is 28.6 Å². The van der Waals surface area contributed by atoms with Gasteiger partial charge in [0.15, 0.2) is 6.10 Å². The summed E-state index contributed by atoms with van der Waals surface area (Å²) in [6.45, 7) is 6.76. The second-order valence-corrected chi connectivity index (χ2v) is 26.6. The summed E-state index contributed by atoms with van der Waals surface area (Å²) in [5.74, 6) is -0.815. The van der Waals surface area contributed by atoms with Gasteiger partial charge in [-0.2, -0.15) is 0 Å². The maximum Gasteiger partial charge on any atom is 0.306 e. The molecule has 1 unspecified atom stereocenters. The molecule has 0 saturated carbocycles. The quantitative estimate of drug-likeness (QED) is 0.0343. The van der Waals surface area contributed by atoms with Crippen molar-refractivity contribution in [1.29, 1.82) is 0 Å². The summed E-state index contributed by atoms with van der Waals surface area (Å²) >= 11 is 0. The van der Waals surface area contributed by atoms with E-state index in [2.05, 4.69) is 20.8 Å². The van der Waals surface area contributed by atoms with Crippen LogP contribution in [0.15, 0.2) is 0 Å². The Morgan fingerprint density at radius 3 is 0.482 bits per heavy atom. The number of hydrogen-bond donors (Lipinski definition) is 0. The summed E-state index contributed by atoms with van der Waals surface area (Å²) in [5, 5.41) is 0. The number of ether oxygens (including phenoxy) is 3. The molecular formula is C77H150O6. The molecule has 0 aromatic heterocycles. The average molecular weight is 1170 g/mol. The fourth-order valence-electron chi connectivity index (χ4n) is 12.3. The number of esters is 3. The maximum absolute atomic E-state index is 13.0. The molecule has 0 aromatic rings. The van der Waals surface area contributed by atoms with Gasteiger partial charge in [-0.25, -0.2) is 0 Å². The predicted molar refractivity (Wildman–Crippen MR) is 363 cm³/mol. The SMILES string of the molecule is CCCCCCCCCCCCCCCCCCCCCCCCCCCCC(=O)OCC(COC(=O)CCCCCCCCCCCCCCCC)OC(=O)CCCCCCCCCCCCCCCCCCCCCCCCCCC. The summed E-state index contributed by atoms with van der Waals surface area (Å²) in [5.41, 5.74) is 0. The summed E-state index contributed by atoms with van der Waals surface area (Å²) in [6, 6.07) is 0. The highest BCUT2D eigenvalue weighted by Crippen LogP contribution is 2.20. The number of unbranched alkanes of at least 4 members (excludes halogenated alkanes) is 62.